The van der Waals surface area contributed by atoms with Crippen molar-refractivity contribution in [3.63, 3.8) is 0 Å². The maximum absolute atomic E-state index is 5.88. The number of hydrogen-bond donors (Lipinski definition) is 1. The molecule has 2 unspecified atom stereocenters. The van der Waals surface area contributed by atoms with E-state index >= 15 is 0 Å². The molecule has 2 N–H and O–H groups in total. The standard InChI is InChI=1S/C16H23N3/c1-10-7-11(10)9-19-14-6-5-12(17)8-13(14)18-15(19)16(2,3)4/h5-6,8,10-11H,7,9,17H2,1-4H3. The van der Waals surface area contributed by atoms with E-state index in [0.29, 0.717) is 0 Å². The van der Waals surface area contributed by atoms with E-state index in [4.69, 9.17) is 10.7 Å². The molecule has 2 atom stereocenters. The van der Waals surface area contributed by atoms with E-state index in [9.17, 15) is 0 Å². The highest BCUT2D eigenvalue weighted by atomic mass is 15.1. The monoisotopic (exact) mass is 257 g/mol. The van der Waals surface area contributed by atoms with Crippen LogP contribution in [0.4, 0.5) is 5.69 Å². The predicted molar refractivity (Wildman–Crippen MR) is 80.1 cm³/mol. The summed E-state index contributed by atoms with van der Waals surface area (Å²) in [6.07, 6.45) is 1.35. The fourth-order valence-corrected chi connectivity index (χ4v) is 2.79. The molecule has 1 fully saturated rings. The summed E-state index contributed by atoms with van der Waals surface area (Å²) < 4.78 is 2.41. The zero-order chi connectivity index (χ0) is 13.8. The Balaban J connectivity index is 2.13. The molecule has 0 bridgehead atoms. The normalized spacial score (nSPS) is 22.9. The van der Waals surface area contributed by atoms with Gasteiger partial charge in [-0.2, -0.15) is 0 Å². The highest BCUT2D eigenvalue weighted by Crippen LogP contribution is 2.40. The van der Waals surface area contributed by atoms with Crippen molar-refractivity contribution in [2.75, 3.05) is 5.73 Å². The largest absolute Gasteiger partial charge is 0.399 e. The van der Waals surface area contributed by atoms with Crippen LogP contribution in [0, 0.1) is 11.8 Å². The average molecular weight is 257 g/mol. The molecule has 2 aromatic rings. The lowest BCUT2D eigenvalue weighted by Gasteiger charge is -2.20. The van der Waals surface area contributed by atoms with Gasteiger partial charge in [0, 0.05) is 17.6 Å². The van der Waals surface area contributed by atoms with E-state index in [1.165, 1.54) is 17.8 Å². The molecule has 3 rings (SSSR count). The summed E-state index contributed by atoms with van der Waals surface area (Å²) in [5, 5.41) is 0. The number of benzene rings is 1. The summed E-state index contributed by atoms with van der Waals surface area (Å²) >= 11 is 0. The Hall–Kier alpha value is -1.51. The summed E-state index contributed by atoms with van der Waals surface area (Å²) in [7, 11) is 0. The average Bonchev–Trinajstić information content (AvgIpc) is 2.85. The fraction of sp³-hybridized carbons (Fsp3) is 0.562. The Morgan fingerprint density at radius 3 is 2.63 bits per heavy atom. The first-order valence-electron chi connectivity index (χ1n) is 7.12. The maximum Gasteiger partial charge on any atom is 0.115 e. The Morgan fingerprint density at radius 2 is 2.05 bits per heavy atom. The molecule has 19 heavy (non-hydrogen) atoms. The van der Waals surface area contributed by atoms with Gasteiger partial charge in [-0.25, -0.2) is 4.98 Å². The van der Waals surface area contributed by atoms with Gasteiger partial charge in [-0.1, -0.05) is 27.7 Å². The smallest absolute Gasteiger partial charge is 0.115 e. The summed E-state index contributed by atoms with van der Waals surface area (Å²) in [6.45, 7) is 10.1. The minimum atomic E-state index is 0.0614. The van der Waals surface area contributed by atoms with Gasteiger partial charge >= 0.3 is 0 Å². The van der Waals surface area contributed by atoms with E-state index < -0.39 is 0 Å². The second-order valence-corrected chi connectivity index (χ2v) is 7.02. The summed E-state index contributed by atoms with van der Waals surface area (Å²) in [5.41, 5.74) is 8.98. The number of aromatic nitrogens is 2. The van der Waals surface area contributed by atoms with Crippen molar-refractivity contribution in [2.24, 2.45) is 11.8 Å². The maximum atomic E-state index is 5.88. The predicted octanol–water partition coefficient (Wildman–Crippen LogP) is 3.57. The Bertz CT molecular complexity index is 619. The highest BCUT2D eigenvalue weighted by molar-refractivity contribution is 5.80. The van der Waals surface area contributed by atoms with E-state index in [1.54, 1.807) is 0 Å². The SMILES string of the molecule is CC1CC1Cn1c(C(C)(C)C)nc2cc(N)ccc21. The quantitative estimate of drug-likeness (QED) is 0.836. The minimum Gasteiger partial charge on any atom is -0.399 e. The molecule has 3 heteroatoms. The number of fused-ring (bicyclic) bond motifs is 1. The highest BCUT2D eigenvalue weighted by Gasteiger charge is 2.34. The lowest BCUT2D eigenvalue weighted by molar-refractivity contribution is 0.484. The van der Waals surface area contributed by atoms with Gasteiger partial charge in [0.25, 0.3) is 0 Å². The van der Waals surface area contributed by atoms with Gasteiger partial charge in [0.1, 0.15) is 5.82 Å². The third-order valence-corrected chi connectivity index (χ3v) is 4.14. The summed E-state index contributed by atoms with van der Waals surface area (Å²) in [4.78, 5) is 4.83. The lowest BCUT2D eigenvalue weighted by Crippen LogP contribution is -2.19. The van der Waals surface area contributed by atoms with Crippen molar-refractivity contribution in [1.82, 2.24) is 9.55 Å². The molecule has 1 aromatic heterocycles. The van der Waals surface area contributed by atoms with Crippen LogP contribution in [-0.2, 0) is 12.0 Å². The van der Waals surface area contributed by atoms with E-state index in [0.717, 1.165) is 29.6 Å². The Labute approximate surface area is 114 Å². The number of nitrogens with two attached hydrogens (primary N) is 1. The van der Waals surface area contributed by atoms with Crippen molar-refractivity contribution in [3.8, 4) is 0 Å². The first kappa shape index (κ1) is 12.5. The zero-order valence-electron chi connectivity index (χ0n) is 12.3. The fourth-order valence-electron chi connectivity index (χ4n) is 2.79. The molecular formula is C16H23N3. The van der Waals surface area contributed by atoms with Gasteiger partial charge in [-0.3, -0.25) is 0 Å². The number of nitrogen functional groups attached to an aromatic ring is 1. The summed E-state index contributed by atoms with van der Waals surface area (Å²) in [6, 6.07) is 6.07. The molecule has 0 aliphatic heterocycles. The van der Waals surface area contributed by atoms with Crippen LogP contribution in [0.15, 0.2) is 18.2 Å². The van der Waals surface area contributed by atoms with Crippen LogP contribution in [0.5, 0.6) is 0 Å². The van der Waals surface area contributed by atoms with E-state index in [-0.39, 0.29) is 5.41 Å². The van der Waals surface area contributed by atoms with Crippen molar-refractivity contribution in [3.05, 3.63) is 24.0 Å². The molecule has 0 amide bonds. The summed E-state index contributed by atoms with van der Waals surface area (Å²) in [5.74, 6) is 2.85. The zero-order valence-corrected chi connectivity index (χ0v) is 12.3. The first-order valence-corrected chi connectivity index (χ1v) is 7.12. The lowest BCUT2D eigenvalue weighted by atomic mass is 9.95. The van der Waals surface area contributed by atoms with Crippen LogP contribution in [0.3, 0.4) is 0 Å². The Morgan fingerprint density at radius 1 is 1.37 bits per heavy atom. The van der Waals surface area contributed by atoms with Crippen LogP contribution >= 0.6 is 0 Å². The van der Waals surface area contributed by atoms with Gasteiger partial charge in [-0.05, 0) is 36.5 Å². The second-order valence-electron chi connectivity index (χ2n) is 7.02. The third-order valence-electron chi connectivity index (χ3n) is 4.14. The van der Waals surface area contributed by atoms with E-state index in [1.807, 2.05) is 12.1 Å². The van der Waals surface area contributed by atoms with Crippen LogP contribution in [-0.4, -0.2) is 9.55 Å². The molecule has 1 heterocycles. The van der Waals surface area contributed by atoms with Gasteiger partial charge in [0.05, 0.1) is 11.0 Å². The van der Waals surface area contributed by atoms with Crippen molar-refractivity contribution in [1.29, 1.82) is 0 Å². The number of rotatable bonds is 2. The van der Waals surface area contributed by atoms with Crippen LogP contribution in [0.25, 0.3) is 11.0 Å². The van der Waals surface area contributed by atoms with Gasteiger partial charge in [0.2, 0.25) is 0 Å². The third kappa shape index (κ3) is 2.22. The molecule has 0 radical (unpaired) electrons. The van der Waals surface area contributed by atoms with Crippen molar-refractivity contribution < 1.29 is 0 Å². The molecule has 1 saturated carbocycles. The molecule has 1 aliphatic rings. The molecule has 1 aromatic carbocycles. The topological polar surface area (TPSA) is 43.8 Å². The number of nitrogens with zero attached hydrogens (tertiary/aromatic N) is 2. The molecule has 3 nitrogen and oxygen atoms in total. The van der Waals surface area contributed by atoms with Gasteiger partial charge in [0.15, 0.2) is 0 Å². The minimum absolute atomic E-state index is 0.0614. The molecule has 1 aliphatic carbocycles. The van der Waals surface area contributed by atoms with Crippen LogP contribution < -0.4 is 5.73 Å². The van der Waals surface area contributed by atoms with Gasteiger partial charge in [-0.15, -0.1) is 0 Å². The van der Waals surface area contributed by atoms with Crippen molar-refractivity contribution >= 4 is 16.7 Å². The number of anilines is 1. The Kier molecular flexibility index (Phi) is 2.63. The van der Waals surface area contributed by atoms with Gasteiger partial charge < -0.3 is 10.3 Å². The molecule has 102 valence electrons. The van der Waals surface area contributed by atoms with Crippen LogP contribution in [0.2, 0.25) is 0 Å². The first-order chi connectivity index (χ1) is 8.86. The van der Waals surface area contributed by atoms with Crippen molar-refractivity contribution in [2.45, 2.75) is 46.1 Å². The number of hydrogen-bond acceptors (Lipinski definition) is 2. The van der Waals surface area contributed by atoms with Crippen LogP contribution in [0.1, 0.15) is 39.9 Å². The number of imidazole rings is 1. The second kappa shape index (κ2) is 3.99. The molecular weight excluding hydrogens is 234 g/mol. The molecule has 0 spiro atoms. The molecule has 0 saturated heterocycles. The van der Waals surface area contributed by atoms with E-state index in [2.05, 4.69) is 38.3 Å².